The molecule has 0 aromatic carbocycles. The second-order valence-electron chi connectivity index (χ2n) is 3.20. The Morgan fingerprint density at radius 3 is 3.12 bits per heavy atom. The van der Waals surface area contributed by atoms with Crippen LogP contribution in [0.15, 0.2) is 29.7 Å². The fourth-order valence-electron chi connectivity index (χ4n) is 1.05. The van der Waals surface area contributed by atoms with Crippen LogP contribution in [0.25, 0.3) is 0 Å². The summed E-state index contributed by atoms with van der Waals surface area (Å²) < 4.78 is 0. The first-order valence-electron chi connectivity index (χ1n) is 5.06. The summed E-state index contributed by atoms with van der Waals surface area (Å²) in [6.07, 6.45) is 6.41. The zero-order chi connectivity index (χ0) is 11.6. The van der Waals surface area contributed by atoms with Gasteiger partial charge in [0.15, 0.2) is 0 Å². The summed E-state index contributed by atoms with van der Waals surface area (Å²) in [7, 11) is 0. The zero-order valence-corrected chi connectivity index (χ0v) is 8.87. The highest BCUT2D eigenvalue weighted by molar-refractivity contribution is 5.78. The van der Waals surface area contributed by atoms with Crippen molar-refractivity contribution < 1.29 is 14.7 Å². The van der Waals surface area contributed by atoms with Crippen LogP contribution in [-0.2, 0) is 9.63 Å². The minimum Gasteiger partial charge on any atom is -0.481 e. The van der Waals surface area contributed by atoms with Gasteiger partial charge < -0.3 is 9.94 Å². The molecule has 0 radical (unpaired) electrons. The zero-order valence-electron chi connectivity index (χ0n) is 8.87. The molecule has 16 heavy (non-hydrogen) atoms. The molecule has 0 amide bonds. The van der Waals surface area contributed by atoms with E-state index < -0.39 is 5.97 Å². The van der Waals surface area contributed by atoms with E-state index in [1.807, 2.05) is 12.1 Å². The van der Waals surface area contributed by atoms with Crippen molar-refractivity contribution in [2.45, 2.75) is 19.3 Å². The molecule has 1 heterocycles. The third-order valence-electron chi connectivity index (χ3n) is 1.84. The fourth-order valence-corrected chi connectivity index (χ4v) is 1.05. The smallest absolute Gasteiger partial charge is 0.303 e. The van der Waals surface area contributed by atoms with E-state index in [0.717, 1.165) is 5.56 Å². The van der Waals surface area contributed by atoms with E-state index in [9.17, 15) is 4.79 Å². The number of oxime groups is 1. The average molecular weight is 222 g/mol. The minimum absolute atomic E-state index is 0.176. The Kier molecular flexibility index (Phi) is 5.62. The van der Waals surface area contributed by atoms with Gasteiger partial charge in [0, 0.05) is 24.4 Å². The van der Waals surface area contributed by atoms with E-state index in [1.165, 1.54) is 0 Å². The van der Waals surface area contributed by atoms with Crippen LogP contribution in [-0.4, -0.2) is 28.9 Å². The largest absolute Gasteiger partial charge is 0.481 e. The van der Waals surface area contributed by atoms with Crippen LogP contribution in [0.1, 0.15) is 24.8 Å². The standard InChI is InChI=1S/C11H14N2O3/c14-11(15)5-1-2-7-16-13-9-10-4-3-6-12-8-10/h3-4,6,8-9H,1-2,5,7H2,(H,14,15). The van der Waals surface area contributed by atoms with Crippen LogP contribution in [0.3, 0.4) is 0 Å². The number of hydrogen-bond donors (Lipinski definition) is 1. The van der Waals surface area contributed by atoms with Gasteiger partial charge in [-0.05, 0) is 18.9 Å². The average Bonchev–Trinajstić information content (AvgIpc) is 2.29. The van der Waals surface area contributed by atoms with Gasteiger partial charge in [-0.3, -0.25) is 9.78 Å². The second-order valence-corrected chi connectivity index (χ2v) is 3.20. The lowest BCUT2D eigenvalue weighted by atomic mass is 10.2. The summed E-state index contributed by atoms with van der Waals surface area (Å²) in [4.78, 5) is 19.1. The van der Waals surface area contributed by atoms with Crippen molar-refractivity contribution in [1.29, 1.82) is 0 Å². The number of carboxylic acids is 1. The Hall–Kier alpha value is -1.91. The fraction of sp³-hybridized carbons (Fsp3) is 0.364. The van der Waals surface area contributed by atoms with Gasteiger partial charge in [-0.1, -0.05) is 11.2 Å². The molecule has 5 nitrogen and oxygen atoms in total. The van der Waals surface area contributed by atoms with Crippen molar-refractivity contribution in [1.82, 2.24) is 4.98 Å². The van der Waals surface area contributed by atoms with Crippen molar-refractivity contribution in [2.75, 3.05) is 6.61 Å². The van der Waals surface area contributed by atoms with Gasteiger partial charge >= 0.3 is 5.97 Å². The summed E-state index contributed by atoms with van der Waals surface area (Å²) in [5.74, 6) is -0.779. The molecule has 0 atom stereocenters. The van der Waals surface area contributed by atoms with Gasteiger partial charge in [-0.15, -0.1) is 0 Å². The highest BCUT2D eigenvalue weighted by Crippen LogP contribution is 1.96. The van der Waals surface area contributed by atoms with Gasteiger partial charge in [-0.25, -0.2) is 0 Å². The maximum absolute atomic E-state index is 10.2. The number of carbonyl (C=O) groups is 1. The van der Waals surface area contributed by atoms with Gasteiger partial charge in [-0.2, -0.15) is 0 Å². The first kappa shape index (κ1) is 12.2. The molecule has 1 rings (SSSR count). The SMILES string of the molecule is O=C(O)CCCCON=Cc1cccnc1. The summed E-state index contributed by atoms with van der Waals surface area (Å²) in [5, 5.41) is 12.1. The van der Waals surface area contributed by atoms with E-state index >= 15 is 0 Å². The van der Waals surface area contributed by atoms with Crippen LogP contribution in [0.4, 0.5) is 0 Å². The number of aromatic nitrogens is 1. The number of hydrogen-bond acceptors (Lipinski definition) is 4. The maximum atomic E-state index is 10.2. The lowest BCUT2D eigenvalue weighted by Gasteiger charge is -1.97. The molecule has 5 heteroatoms. The molecule has 0 unspecified atom stereocenters. The van der Waals surface area contributed by atoms with Crippen LogP contribution in [0.2, 0.25) is 0 Å². The third-order valence-corrected chi connectivity index (χ3v) is 1.84. The second kappa shape index (κ2) is 7.39. The summed E-state index contributed by atoms with van der Waals surface area (Å²) >= 11 is 0. The molecule has 1 N–H and O–H groups in total. The molecule has 0 saturated carbocycles. The highest BCUT2D eigenvalue weighted by Gasteiger charge is 1.95. The first-order chi connectivity index (χ1) is 7.79. The van der Waals surface area contributed by atoms with E-state index in [4.69, 9.17) is 9.94 Å². The lowest BCUT2D eigenvalue weighted by molar-refractivity contribution is -0.137. The molecule has 0 spiro atoms. The monoisotopic (exact) mass is 222 g/mol. The molecule has 0 bridgehead atoms. The van der Waals surface area contributed by atoms with Crippen LogP contribution in [0, 0.1) is 0 Å². The molecule has 0 aliphatic rings. The number of carboxylic acid groups (broad SMARTS) is 1. The predicted octanol–water partition coefficient (Wildman–Crippen LogP) is 1.69. The topological polar surface area (TPSA) is 71.8 Å². The molecule has 86 valence electrons. The highest BCUT2D eigenvalue weighted by atomic mass is 16.6. The predicted molar refractivity (Wildman–Crippen MR) is 59.3 cm³/mol. The van der Waals surface area contributed by atoms with Crippen molar-refractivity contribution in [2.24, 2.45) is 5.16 Å². The van der Waals surface area contributed by atoms with Crippen LogP contribution < -0.4 is 0 Å². The normalized spacial score (nSPS) is 10.5. The molecular weight excluding hydrogens is 208 g/mol. The Labute approximate surface area is 93.8 Å². The van der Waals surface area contributed by atoms with Gasteiger partial charge in [0.1, 0.15) is 6.61 Å². The first-order valence-corrected chi connectivity index (χ1v) is 5.06. The number of pyridine rings is 1. The van der Waals surface area contributed by atoms with Crippen LogP contribution >= 0.6 is 0 Å². The minimum atomic E-state index is -0.779. The molecule has 0 fully saturated rings. The van der Waals surface area contributed by atoms with Gasteiger partial charge in [0.05, 0.1) is 6.21 Å². The Balaban J connectivity index is 2.07. The van der Waals surface area contributed by atoms with E-state index in [1.54, 1.807) is 18.6 Å². The van der Waals surface area contributed by atoms with Crippen molar-refractivity contribution in [3.63, 3.8) is 0 Å². The summed E-state index contributed by atoms with van der Waals surface area (Å²) in [6.45, 7) is 0.435. The quantitative estimate of drug-likeness (QED) is 0.433. The Bertz CT molecular complexity index is 338. The molecule has 0 saturated heterocycles. The van der Waals surface area contributed by atoms with Crippen molar-refractivity contribution in [3.05, 3.63) is 30.1 Å². The number of aliphatic carboxylic acids is 1. The van der Waals surface area contributed by atoms with E-state index in [2.05, 4.69) is 10.1 Å². The molecular formula is C11H14N2O3. The maximum Gasteiger partial charge on any atom is 0.303 e. The number of unbranched alkanes of at least 4 members (excludes halogenated alkanes) is 1. The molecule has 0 aliphatic heterocycles. The lowest BCUT2D eigenvalue weighted by Crippen LogP contribution is -1.96. The number of rotatable bonds is 7. The van der Waals surface area contributed by atoms with E-state index in [-0.39, 0.29) is 6.42 Å². The molecule has 1 aromatic heterocycles. The Morgan fingerprint density at radius 2 is 2.44 bits per heavy atom. The summed E-state index contributed by atoms with van der Waals surface area (Å²) in [6, 6.07) is 3.68. The summed E-state index contributed by atoms with van der Waals surface area (Å²) in [5.41, 5.74) is 0.869. The van der Waals surface area contributed by atoms with Crippen molar-refractivity contribution in [3.8, 4) is 0 Å². The van der Waals surface area contributed by atoms with Crippen LogP contribution in [0.5, 0.6) is 0 Å². The number of nitrogens with zero attached hydrogens (tertiary/aromatic N) is 2. The van der Waals surface area contributed by atoms with Gasteiger partial charge in [0.25, 0.3) is 0 Å². The van der Waals surface area contributed by atoms with E-state index in [0.29, 0.717) is 19.4 Å². The molecule has 1 aromatic rings. The van der Waals surface area contributed by atoms with Gasteiger partial charge in [0.2, 0.25) is 0 Å². The molecule has 0 aliphatic carbocycles. The van der Waals surface area contributed by atoms with Crippen molar-refractivity contribution >= 4 is 12.2 Å². The third kappa shape index (κ3) is 5.74. The Morgan fingerprint density at radius 1 is 1.56 bits per heavy atom.